The smallest absolute Gasteiger partial charge is 0.224 e. The molecule has 4 heterocycles. The number of hydrogen-bond acceptors (Lipinski definition) is 6. The van der Waals surface area contributed by atoms with Gasteiger partial charge in [0.15, 0.2) is 0 Å². The molecule has 0 aliphatic rings. The monoisotopic (exact) mass is 583 g/mol. The maximum atomic E-state index is 14.6. The standard InChI is InChI=1S/C30H26FN7O3S/c1-3-29(39)35-21-10-19(14-32-15-21)26-12-24-28(16-33-26)37-38-30(24)27-11-23-22(5-4-6-25(23)36-27)18-7-17(8-20(31)9-18)13-34-42(2,40)41/h4-12,14-16,34,36H,3,13H2,1-2H3,(H,35,39)(H,37,38). The van der Waals surface area contributed by atoms with Crippen molar-refractivity contribution in [1.82, 2.24) is 29.9 Å². The first kappa shape index (κ1) is 27.2. The van der Waals surface area contributed by atoms with E-state index < -0.39 is 15.8 Å². The van der Waals surface area contributed by atoms with Crippen LogP contribution in [-0.2, 0) is 21.4 Å². The van der Waals surface area contributed by atoms with Gasteiger partial charge in [0.2, 0.25) is 15.9 Å². The van der Waals surface area contributed by atoms with Crippen LogP contribution in [-0.4, -0.2) is 45.7 Å². The number of H-pyrrole nitrogens is 2. The van der Waals surface area contributed by atoms with Crippen LogP contribution in [0, 0.1) is 5.82 Å². The molecule has 10 nitrogen and oxygen atoms in total. The van der Waals surface area contributed by atoms with Gasteiger partial charge < -0.3 is 10.3 Å². The first-order chi connectivity index (χ1) is 20.2. The average molecular weight is 584 g/mol. The molecule has 0 unspecified atom stereocenters. The van der Waals surface area contributed by atoms with Gasteiger partial charge in [-0.2, -0.15) is 5.10 Å². The van der Waals surface area contributed by atoms with E-state index in [2.05, 4.69) is 35.2 Å². The maximum Gasteiger partial charge on any atom is 0.224 e. The number of benzene rings is 2. The highest BCUT2D eigenvalue weighted by atomic mass is 32.2. The number of fused-ring (bicyclic) bond motifs is 2. The molecule has 0 aliphatic carbocycles. The van der Waals surface area contributed by atoms with E-state index in [4.69, 9.17) is 0 Å². The van der Waals surface area contributed by atoms with Gasteiger partial charge >= 0.3 is 0 Å². The Hall–Kier alpha value is -4.94. The lowest BCUT2D eigenvalue weighted by atomic mass is 9.99. The number of amides is 1. The molecule has 0 saturated carbocycles. The SMILES string of the molecule is CCC(=O)Nc1cncc(-c2cc3c(-c4cc5c(-c6cc(F)cc(CNS(C)(=O)=O)c6)cccc5[nH]4)n[nH]c3cn2)c1. The third-order valence-electron chi connectivity index (χ3n) is 6.81. The molecule has 0 bridgehead atoms. The summed E-state index contributed by atoms with van der Waals surface area (Å²) < 4.78 is 40.1. The number of nitrogens with one attached hydrogen (secondary N) is 4. The number of carbonyl (C=O) groups is 1. The van der Waals surface area contributed by atoms with Gasteiger partial charge in [0.25, 0.3) is 0 Å². The molecular formula is C30H26FN7O3S. The first-order valence-electron chi connectivity index (χ1n) is 13.1. The van der Waals surface area contributed by atoms with Crippen molar-refractivity contribution in [2.75, 3.05) is 11.6 Å². The van der Waals surface area contributed by atoms with Crippen molar-refractivity contribution >= 4 is 43.4 Å². The lowest BCUT2D eigenvalue weighted by molar-refractivity contribution is -0.115. The lowest BCUT2D eigenvalue weighted by Crippen LogP contribution is -2.21. The number of halogens is 1. The fourth-order valence-electron chi connectivity index (χ4n) is 4.83. The Morgan fingerprint density at radius 3 is 2.64 bits per heavy atom. The highest BCUT2D eigenvalue weighted by molar-refractivity contribution is 7.88. The molecule has 0 spiro atoms. The quantitative estimate of drug-likeness (QED) is 0.190. The second-order valence-corrected chi connectivity index (χ2v) is 11.8. The molecule has 4 aromatic heterocycles. The largest absolute Gasteiger partial charge is 0.353 e. The molecule has 1 amide bonds. The summed E-state index contributed by atoms with van der Waals surface area (Å²) in [6.07, 6.45) is 6.40. The highest BCUT2D eigenvalue weighted by Gasteiger charge is 2.16. The number of pyridine rings is 2. The normalized spacial score (nSPS) is 11.8. The van der Waals surface area contributed by atoms with Crippen molar-refractivity contribution in [3.8, 4) is 33.8 Å². The van der Waals surface area contributed by atoms with Crippen molar-refractivity contribution in [3.63, 3.8) is 0 Å². The van der Waals surface area contributed by atoms with Gasteiger partial charge in [-0.1, -0.05) is 19.1 Å². The second-order valence-electron chi connectivity index (χ2n) is 9.94. The van der Waals surface area contributed by atoms with Crippen LogP contribution in [0.4, 0.5) is 10.1 Å². The molecule has 2 aromatic carbocycles. The van der Waals surface area contributed by atoms with Crippen LogP contribution in [0.25, 0.3) is 55.6 Å². The minimum Gasteiger partial charge on any atom is -0.353 e. The summed E-state index contributed by atoms with van der Waals surface area (Å²) in [6.45, 7) is 1.77. The predicted molar refractivity (Wildman–Crippen MR) is 160 cm³/mol. The summed E-state index contributed by atoms with van der Waals surface area (Å²) in [6, 6.07) is 15.9. The van der Waals surface area contributed by atoms with E-state index in [1.807, 2.05) is 36.4 Å². The third kappa shape index (κ3) is 5.62. The van der Waals surface area contributed by atoms with Crippen molar-refractivity contribution in [2.24, 2.45) is 0 Å². The van der Waals surface area contributed by atoms with E-state index in [1.165, 1.54) is 12.1 Å². The van der Waals surface area contributed by atoms with E-state index in [0.29, 0.717) is 34.6 Å². The van der Waals surface area contributed by atoms with E-state index in [0.717, 1.165) is 44.9 Å². The van der Waals surface area contributed by atoms with Crippen LogP contribution in [0.15, 0.2) is 73.2 Å². The zero-order chi connectivity index (χ0) is 29.4. The van der Waals surface area contributed by atoms with E-state index in [1.54, 1.807) is 31.6 Å². The van der Waals surface area contributed by atoms with Gasteiger partial charge in [0, 0.05) is 41.0 Å². The van der Waals surface area contributed by atoms with Crippen molar-refractivity contribution in [2.45, 2.75) is 19.9 Å². The highest BCUT2D eigenvalue weighted by Crippen LogP contribution is 2.35. The van der Waals surface area contributed by atoms with Gasteiger partial charge in [-0.05, 0) is 59.2 Å². The second kappa shape index (κ2) is 10.8. The molecule has 42 heavy (non-hydrogen) atoms. The van der Waals surface area contributed by atoms with E-state index in [-0.39, 0.29) is 12.5 Å². The summed E-state index contributed by atoms with van der Waals surface area (Å²) in [5.41, 5.74) is 6.90. The van der Waals surface area contributed by atoms with Gasteiger partial charge in [-0.25, -0.2) is 17.5 Å². The molecule has 12 heteroatoms. The molecule has 4 N–H and O–H groups in total. The van der Waals surface area contributed by atoms with Crippen molar-refractivity contribution in [3.05, 3.63) is 84.6 Å². The van der Waals surface area contributed by atoms with E-state index >= 15 is 0 Å². The van der Waals surface area contributed by atoms with Crippen LogP contribution < -0.4 is 10.0 Å². The minimum absolute atomic E-state index is 0.0169. The Morgan fingerprint density at radius 1 is 0.976 bits per heavy atom. The number of rotatable bonds is 8. The number of sulfonamides is 1. The number of anilines is 1. The number of carbonyl (C=O) groups excluding carboxylic acids is 1. The van der Waals surface area contributed by atoms with Gasteiger partial charge in [0.1, 0.15) is 11.5 Å². The molecule has 0 radical (unpaired) electrons. The zero-order valence-corrected chi connectivity index (χ0v) is 23.5. The molecule has 212 valence electrons. The molecule has 6 aromatic rings. The summed E-state index contributed by atoms with van der Waals surface area (Å²) in [7, 11) is -3.43. The number of hydrogen-bond donors (Lipinski definition) is 4. The summed E-state index contributed by atoms with van der Waals surface area (Å²) in [4.78, 5) is 24.1. The first-order valence-corrected chi connectivity index (χ1v) is 15.0. The molecule has 0 fully saturated rings. The number of aromatic amines is 2. The zero-order valence-electron chi connectivity index (χ0n) is 22.7. The Bertz CT molecular complexity index is 2090. The minimum atomic E-state index is -3.43. The van der Waals surface area contributed by atoms with Crippen LogP contribution in [0.5, 0.6) is 0 Å². The van der Waals surface area contributed by atoms with E-state index in [9.17, 15) is 17.6 Å². The lowest BCUT2D eigenvalue weighted by Gasteiger charge is -2.08. The van der Waals surface area contributed by atoms with Crippen molar-refractivity contribution < 1.29 is 17.6 Å². The Balaban J connectivity index is 1.39. The molecule has 0 aliphatic heterocycles. The Kier molecular flexibility index (Phi) is 7.01. The van der Waals surface area contributed by atoms with Crippen LogP contribution in [0.1, 0.15) is 18.9 Å². The summed E-state index contributed by atoms with van der Waals surface area (Å²) >= 11 is 0. The Labute approximate surface area is 240 Å². The van der Waals surface area contributed by atoms with Gasteiger partial charge in [0.05, 0.1) is 41.2 Å². The van der Waals surface area contributed by atoms with Crippen molar-refractivity contribution in [1.29, 1.82) is 0 Å². The Morgan fingerprint density at radius 2 is 1.83 bits per heavy atom. The van der Waals surface area contributed by atoms with Crippen LogP contribution in [0.3, 0.4) is 0 Å². The summed E-state index contributed by atoms with van der Waals surface area (Å²) in [5.74, 6) is -0.565. The predicted octanol–water partition coefficient (Wildman–Crippen LogP) is 5.37. The number of aromatic nitrogens is 5. The molecular weight excluding hydrogens is 557 g/mol. The summed E-state index contributed by atoms with van der Waals surface area (Å²) in [5, 5.41) is 12.1. The fourth-order valence-corrected chi connectivity index (χ4v) is 5.26. The molecule has 0 atom stereocenters. The average Bonchev–Trinajstić information content (AvgIpc) is 3.59. The maximum absolute atomic E-state index is 14.6. The van der Waals surface area contributed by atoms with Gasteiger partial charge in [-0.3, -0.25) is 19.9 Å². The van der Waals surface area contributed by atoms with Gasteiger partial charge in [-0.15, -0.1) is 0 Å². The van der Waals surface area contributed by atoms with Crippen LogP contribution in [0.2, 0.25) is 0 Å². The topological polar surface area (TPSA) is 146 Å². The third-order valence-corrected chi connectivity index (χ3v) is 7.48. The number of nitrogens with zero attached hydrogens (tertiary/aromatic N) is 3. The molecule has 0 saturated heterocycles. The fraction of sp³-hybridized carbons (Fsp3) is 0.133. The van der Waals surface area contributed by atoms with Crippen LogP contribution >= 0.6 is 0 Å². The molecule has 6 rings (SSSR count).